The summed E-state index contributed by atoms with van der Waals surface area (Å²) in [5, 5.41) is 6.51. The highest BCUT2D eigenvalue weighted by atomic mass is 35.5. The van der Waals surface area contributed by atoms with Gasteiger partial charge in [0.15, 0.2) is 0 Å². The Morgan fingerprint density at radius 1 is 1.35 bits per heavy atom. The van der Waals surface area contributed by atoms with Crippen molar-refractivity contribution >= 4 is 30.7 Å². The maximum Gasteiger partial charge on any atom is 0.240 e. The monoisotopic (exact) mass is 327 g/mol. The van der Waals surface area contributed by atoms with Crippen molar-refractivity contribution in [2.75, 3.05) is 33.7 Å². The van der Waals surface area contributed by atoms with Crippen molar-refractivity contribution in [3.63, 3.8) is 0 Å². The number of carbonyl (C=O) groups excluding carboxylic acids is 1. The van der Waals surface area contributed by atoms with Crippen molar-refractivity contribution in [2.45, 2.75) is 45.6 Å². The van der Waals surface area contributed by atoms with Crippen molar-refractivity contribution in [1.82, 2.24) is 15.5 Å². The van der Waals surface area contributed by atoms with Crippen LogP contribution in [0.2, 0.25) is 0 Å². The van der Waals surface area contributed by atoms with E-state index >= 15 is 0 Å². The van der Waals surface area contributed by atoms with Crippen LogP contribution in [0.5, 0.6) is 0 Å². The number of nitrogens with zero attached hydrogens (tertiary/aromatic N) is 1. The van der Waals surface area contributed by atoms with E-state index < -0.39 is 0 Å². The third-order valence-corrected chi connectivity index (χ3v) is 3.75. The Hall–Kier alpha value is -0.0300. The van der Waals surface area contributed by atoms with Crippen LogP contribution in [0.4, 0.5) is 0 Å². The first-order valence-corrected chi connectivity index (χ1v) is 6.99. The van der Waals surface area contributed by atoms with Gasteiger partial charge in [0.2, 0.25) is 5.91 Å². The summed E-state index contributed by atoms with van der Waals surface area (Å²) in [4.78, 5) is 14.5. The van der Waals surface area contributed by atoms with E-state index in [4.69, 9.17) is 0 Å². The Morgan fingerprint density at radius 2 is 1.95 bits per heavy atom. The minimum Gasteiger partial charge on any atom is -0.354 e. The van der Waals surface area contributed by atoms with Crippen LogP contribution >= 0.6 is 24.8 Å². The Labute approximate surface area is 136 Å². The SMILES string of the molecule is CCC1(C(=O)NCC(C)(C)CN(C)C)CCCN1.Cl.Cl. The zero-order valence-electron chi connectivity index (χ0n) is 13.4. The van der Waals surface area contributed by atoms with Gasteiger partial charge in [0.1, 0.15) is 0 Å². The van der Waals surface area contributed by atoms with Gasteiger partial charge in [0.25, 0.3) is 0 Å². The van der Waals surface area contributed by atoms with Gasteiger partial charge in [-0.05, 0) is 45.3 Å². The van der Waals surface area contributed by atoms with Gasteiger partial charge in [-0.1, -0.05) is 20.8 Å². The van der Waals surface area contributed by atoms with E-state index in [1.807, 2.05) is 0 Å². The van der Waals surface area contributed by atoms with Gasteiger partial charge in [0, 0.05) is 13.1 Å². The third kappa shape index (κ3) is 6.17. The van der Waals surface area contributed by atoms with Crippen LogP contribution in [0.3, 0.4) is 0 Å². The highest BCUT2D eigenvalue weighted by Gasteiger charge is 2.39. The average molecular weight is 328 g/mol. The van der Waals surface area contributed by atoms with Crippen molar-refractivity contribution in [1.29, 1.82) is 0 Å². The average Bonchev–Trinajstić information content (AvgIpc) is 2.74. The first-order valence-electron chi connectivity index (χ1n) is 6.99. The molecule has 20 heavy (non-hydrogen) atoms. The second-order valence-electron chi connectivity index (χ2n) is 6.55. The molecule has 1 amide bonds. The van der Waals surface area contributed by atoms with Gasteiger partial charge < -0.3 is 15.5 Å². The Balaban J connectivity index is 0. The van der Waals surface area contributed by atoms with E-state index in [0.29, 0.717) is 0 Å². The van der Waals surface area contributed by atoms with E-state index in [-0.39, 0.29) is 41.7 Å². The number of halogens is 2. The van der Waals surface area contributed by atoms with Gasteiger partial charge in [-0.15, -0.1) is 24.8 Å². The number of hydrogen-bond acceptors (Lipinski definition) is 3. The molecule has 2 N–H and O–H groups in total. The molecule has 122 valence electrons. The topological polar surface area (TPSA) is 44.4 Å². The molecule has 1 atom stereocenters. The van der Waals surface area contributed by atoms with E-state index in [9.17, 15) is 4.79 Å². The normalized spacial score (nSPS) is 22.1. The highest BCUT2D eigenvalue weighted by molar-refractivity contribution is 5.86. The first kappa shape index (κ1) is 22.3. The summed E-state index contributed by atoms with van der Waals surface area (Å²) in [5.41, 5.74) is -0.207. The molecule has 0 aromatic heterocycles. The van der Waals surface area contributed by atoms with E-state index in [0.717, 1.165) is 38.9 Å². The van der Waals surface area contributed by atoms with E-state index in [2.05, 4.69) is 50.4 Å². The maximum atomic E-state index is 12.3. The molecule has 1 aliphatic heterocycles. The van der Waals surface area contributed by atoms with Gasteiger partial charge in [0.05, 0.1) is 5.54 Å². The van der Waals surface area contributed by atoms with Gasteiger partial charge in [-0.2, -0.15) is 0 Å². The lowest BCUT2D eigenvalue weighted by atomic mass is 9.90. The van der Waals surface area contributed by atoms with Crippen molar-refractivity contribution in [3.8, 4) is 0 Å². The van der Waals surface area contributed by atoms with Crippen LogP contribution < -0.4 is 10.6 Å². The van der Waals surface area contributed by atoms with Crippen molar-refractivity contribution in [2.24, 2.45) is 5.41 Å². The number of hydrogen-bond donors (Lipinski definition) is 2. The van der Waals surface area contributed by atoms with Gasteiger partial charge in [-0.25, -0.2) is 0 Å². The highest BCUT2D eigenvalue weighted by Crippen LogP contribution is 2.23. The van der Waals surface area contributed by atoms with Crippen molar-refractivity contribution < 1.29 is 4.79 Å². The minimum absolute atomic E-state index is 0. The molecule has 1 rings (SSSR count). The molecule has 0 radical (unpaired) electrons. The molecule has 1 heterocycles. The summed E-state index contributed by atoms with van der Waals surface area (Å²) >= 11 is 0. The summed E-state index contributed by atoms with van der Waals surface area (Å²) in [5.74, 6) is 0.175. The van der Waals surface area contributed by atoms with Crippen molar-refractivity contribution in [3.05, 3.63) is 0 Å². The van der Waals surface area contributed by atoms with Gasteiger partial charge >= 0.3 is 0 Å². The second kappa shape index (κ2) is 9.08. The Morgan fingerprint density at radius 3 is 2.35 bits per heavy atom. The summed E-state index contributed by atoms with van der Waals surface area (Å²) in [6.45, 7) is 9.13. The fraction of sp³-hybridized carbons (Fsp3) is 0.929. The molecule has 0 aromatic rings. The maximum absolute atomic E-state index is 12.3. The Bertz CT molecular complexity index is 290. The Kier molecular flexibility index (Phi) is 10.1. The summed E-state index contributed by atoms with van der Waals surface area (Å²) < 4.78 is 0. The number of rotatable bonds is 6. The van der Waals surface area contributed by atoms with Crippen LogP contribution in [0.25, 0.3) is 0 Å². The summed E-state index contributed by atoms with van der Waals surface area (Å²) in [6.07, 6.45) is 2.93. The first-order chi connectivity index (χ1) is 8.31. The van der Waals surface area contributed by atoms with Gasteiger partial charge in [-0.3, -0.25) is 4.79 Å². The molecule has 0 saturated carbocycles. The van der Waals surface area contributed by atoms with Crippen LogP contribution in [0.1, 0.15) is 40.0 Å². The molecule has 1 saturated heterocycles. The molecular weight excluding hydrogens is 297 g/mol. The molecule has 4 nitrogen and oxygen atoms in total. The molecule has 1 fully saturated rings. The molecule has 6 heteroatoms. The number of nitrogens with one attached hydrogen (secondary N) is 2. The molecule has 1 unspecified atom stereocenters. The zero-order chi connectivity index (χ0) is 13.8. The predicted octanol–water partition coefficient (Wildman–Crippen LogP) is 2.07. The largest absolute Gasteiger partial charge is 0.354 e. The minimum atomic E-state index is -0.311. The number of amides is 1. The lowest BCUT2D eigenvalue weighted by molar-refractivity contribution is -0.127. The van der Waals surface area contributed by atoms with Crippen LogP contribution in [-0.4, -0.2) is 50.1 Å². The fourth-order valence-corrected chi connectivity index (χ4v) is 2.86. The third-order valence-electron chi connectivity index (χ3n) is 3.75. The standard InChI is InChI=1S/C14H29N3O.2ClH/c1-6-14(8-7-9-16-14)12(18)15-10-13(2,3)11-17(4)5;;/h16H,6-11H2,1-5H3,(H,15,18);2*1H. The van der Waals surface area contributed by atoms with E-state index in [1.54, 1.807) is 0 Å². The zero-order valence-corrected chi connectivity index (χ0v) is 15.0. The quantitative estimate of drug-likeness (QED) is 0.784. The molecule has 0 aromatic carbocycles. The molecule has 1 aliphatic rings. The number of carbonyl (C=O) groups is 1. The van der Waals surface area contributed by atoms with E-state index in [1.165, 1.54) is 0 Å². The van der Waals surface area contributed by atoms with Crippen LogP contribution in [0.15, 0.2) is 0 Å². The molecular formula is C14H31Cl2N3O. The molecule has 0 bridgehead atoms. The van der Waals surface area contributed by atoms with Crippen LogP contribution in [0, 0.1) is 5.41 Å². The predicted molar refractivity (Wildman–Crippen MR) is 90.1 cm³/mol. The van der Waals surface area contributed by atoms with Crippen LogP contribution in [-0.2, 0) is 4.79 Å². The lowest BCUT2D eigenvalue weighted by Crippen LogP contribution is -2.55. The molecule has 0 aliphatic carbocycles. The summed E-state index contributed by atoms with van der Waals surface area (Å²) in [7, 11) is 4.13. The summed E-state index contributed by atoms with van der Waals surface area (Å²) in [6, 6.07) is 0. The fourth-order valence-electron chi connectivity index (χ4n) is 2.86. The molecule has 0 spiro atoms. The smallest absolute Gasteiger partial charge is 0.240 e. The lowest BCUT2D eigenvalue weighted by Gasteiger charge is -2.32. The second-order valence-corrected chi connectivity index (χ2v) is 6.55.